The first-order chi connectivity index (χ1) is 26.6. The average molecular weight is 764 g/mol. The van der Waals surface area contributed by atoms with Gasteiger partial charge < -0.3 is 40.2 Å². The molecule has 1 saturated carbocycles. The Morgan fingerprint density at radius 2 is 1.75 bits per heavy atom. The van der Waals surface area contributed by atoms with Crippen molar-refractivity contribution in [3.8, 4) is 5.75 Å². The predicted molar refractivity (Wildman–Crippen MR) is 203 cm³/mol. The number of aliphatic hydroxyl groups excluding tert-OH is 2. The molecule has 13 heteroatoms. The third kappa shape index (κ3) is 8.62. The maximum Gasteiger partial charge on any atom is 0.327 e. The lowest BCUT2D eigenvalue weighted by Gasteiger charge is -2.49. The largest absolute Gasteiger partial charge is 0.508 e. The van der Waals surface area contributed by atoms with Crippen LogP contribution in [0.1, 0.15) is 95.2 Å². The van der Waals surface area contributed by atoms with Crippen LogP contribution in [0, 0.1) is 5.41 Å². The Bertz CT molecular complexity index is 1670. The number of ether oxygens (including phenoxy) is 3. The number of hydroxylamine groups is 2. The molecule has 0 radical (unpaired) electrons. The summed E-state index contributed by atoms with van der Waals surface area (Å²) in [5, 5.41) is 36.9. The summed E-state index contributed by atoms with van der Waals surface area (Å²) in [5.74, 6) is -2.63. The molecular formula is C42H57N3O10. The SMILES string of the molecule is CCCCCC1(CCCCC)O[C@@H]2[C@H]3ON(Cc4cccc(C=CCc5ccccc5O)c4)[C@H]4C(=O)OC(CC34C(=O)N[C@@H](C(=O)NCCO)[C@H](C)O)[C@@H]2O1. The van der Waals surface area contributed by atoms with E-state index in [0.29, 0.717) is 19.3 Å². The molecule has 2 aromatic carbocycles. The van der Waals surface area contributed by atoms with Crippen molar-refractivity contribution in [1.29, 1.82) is 0 Å². The second-order valence-electron chi connectivity index (χ2n) is 15.4. The number of hydrogen-bond donors (Lipinski definition) is 5. The van der Waals surface area contributed by atoms with Gasteiger partial charge in [0.15, 0.2) is 11.8 Å². The Morgan fingerprint density at radius 1 is 1.02 bits per heavy atom. The third-order valence-electron chi connectivity index (χ3n) is 11.4. The number of para-hydroxylation sites is 1. The zero-order valence-corrected chi connectivity index (χ0v) is 32.2. The van der Waals surface area contributed by atoms with Crippen LogP contribution in [0.25, 0.3) is 6.08 Å². The molecule has 8 atom stereocenters. The smallest absolute Gasteiger partial charge is 0.327 e. The van der Waals surface area contributed by atoms with E-state index in [-0.39, 0.29) is 31.9 Å². The molecule has 4 aliphatic rings. The van der Waals surface area contributed by atoms with Gasteiger partial charge in [-0.25, -0.2) is 0 Å². The molecule has 2 unspecified atom stereocenters. The second kappa shape index (κ2) is 18.0. The van der Waals surface area contributed by atoms with Gasteiger partial charge in [0.1, 0.15) is 41.6 Å². The number of nitrogens with one attached hydrogen (secondary N) is 2. The molecular weight excluding hydrogens is 706 g/mol. The number of aromatic hydroxyl groups is 1. The first-order valence-corrected chi connectivity index (χ1v) is 19.9. The maximum atomic E-state index is 14.8. The molecule has 3 aliphatic heterocycles. The highest BCUT2D eigenvalue weighted by atomic mass is 16.8. The molecule has 4 fully saturated rings. The molecule has 300 valence electrons. The van der Waals surface area contributed by atoms with Gasteiger partial charge >= 0.3 is 5.97 Å². The van der Waals surface area contributed by atoms with Gasteiger partial charge in [0, 0.05) is 25.8 Å². The van der Waals surface area contributed by atoms with Crippen molar-refractivity contribution in [3.63, 3.8) is 0 Å². The Labute approximate surface area is 323 Å². The number of hydrogen-bond acceptors (Lipinski definition) is 11. The number of carbonyl (C=O) groups is 3. The number of fused-ring (bicyclic) bond motifs is 4. The number of unbranched alkanes of at least 4 members (excludes halogenated alkanes) is 4. The average Bonchev–Trinajstić information content (AvgIpc) is 3.72. The van der Waals surface area contributed by atoms with Gasteiger partial charge in [-0.1, -0.05) is 94.1 Å². The van der Waals surface area contributed by atoms with Gasteiger partial charge in [-0.05, 0) is 48.9 Å². The number of benzene rings is 2. The van der Waals surface area contributed by atoms with Crippen molar-refractivity contribution in [1.82, 2.24) is 15.7 Å². The summed E-state index contributed by atoms with van der Waals surface area (Å²) in [6.45, 7) is 5.42. The molecule has 0 aromatic heterocycles. The minimum atomic E-state index is -1.55. The van der Waals surface area contributed by atoms with Crippen molar-refractivity contribution in [2.24, 2.45) is 5.41 Å². The van der Waals surface area contributed by atoms with Crippen LogP contribution in [-0.2, 0) is 46.4 Å². The molecule has 3 heterocycles. The maximum absolute atomic E-state index is 14.8. The van der Waals surface area contributed by atoms with Crippen LogP contribution >= 0.6 is 0 Å². The Morgan fingerprint density at radius 3 is 2.44 bits per heavy atom. The normalized spacial score (nSPS) is 27.7. The van der Waals surface area contributed by atoms with Gasteiger partial charge in [-0.3, -0.25) is 19.2 Å². The summed E-state index contributed by atoms with van der Waals surface area (Å²) in [7, 11) is 0. The Kier molecular flexibility index (Phi) is 13.3. The predicted octanol–water partition coefficient (Wildman–Crippen LogP) is 4.06. The van der Waals surface area contributed by atoms with Crippen LogP contribution in [0.4, 0.5) is 0 Å². The number of phenols is 1. The van der Waals surface area contributed by atoms with E-state index >= 15 is 0 Å². The molecule has 6 rings (SSSR count). The summed E-state index contributed by atoms with van der Waals surface area (Å²) < 4.78 is 19.9. The van der Waals surface area contributed by atoms with E-state index in [2.05, 4.69) is 24.5 Å². The fourth-order valence-electron chi connectivity index (χ4n) is 8.65. The standard InChI is InChI=1S/C42H57N3O10/c1-4-6-10-20-41(21-11-7-5-2)53-34-32-25-42(40(51)44-33(27(3)47)38(49)43-22-23-46)36(39(50)52-32)45(55-37(42)35(34)54-41)26-29-16-12-14-28(24-29)15-13-18-30-17-8-9-19-31(30)48/h8-9,12-17,19,24,27,32-37,46-48H,4-7,10-11,18,20-23,25-26H2,1-3H3,(H,43,49)(H,44,51)/t27-,32?,33+,34-,35-,36-,37+,42?/m0/s1. The zero-order valence-electron chi connectivity index (χ0n) is 32.2. The number of aliphatic hydroxyl groups is 2. The van der Waals surface area contributed by atoms with Crippen LogP contribution < -0.4 is 10.6 Å². The first-order valence-electron chi connectivity index (χ1n) is 19.9. The Balaban J connectivity index is 1.32. The topological polar surface area (TPSA) is 176 Å². The highest BCUT2D eigenvalue weighted by Gasteiger charge is 2.76. The van der Waals surface area contributed by atoms with E-state index in [1.165, 1.54) is 12.0 Å². The lowest BCUT2D eigenvalue weighted by Crippen LogP contribution is -2.71. The molecule has 2 bridgehead atoms. The fourth-order valence-corrected chi connectivity index (χ4v) is 8.65. The quantitative estimate of drug-likeness (QED) is 0.103. The van der Waals surface area contributed by atoms with E-state index in [0.717, 1.165) is 55.2 Å². The summed E-state index contributed by atoms with van der Waals surface area (Å²) in [5.41, 5.74) is 0.967. The van der Waals surface area contributed by atoms with Crippen molar-refractivity contribution in [2.45, 2.75) is 140 Å². The Hall–Kier alpha value is -3.85. The van der Waals surface area contributed by atoms with Crippen LogP contribution in [0.2, 0.25) is 0 Å². The highest BCUT2D eigenvalue weighted by molar-refractivity contribution is 5.96. The van der Waals surface area contributed by atoms with E-state index in [1.54, 1.807) is 12.1 Å². The van der Waals surface area contributed by atoms with Crippen LogP contribution in [0.5, 0.6) is 5.75 Å². The van der Waals surface area contributed by atoms with Gasteiger partial charge in [0.25, 0.3) is 0 Å². The van der Waals surface area contributed by atoms with Crippen molar-refractivity contribution in [3.05, 3.63) is 71.3 Å². The molecule has 13 nitrogen and oxygen atoms in total. The van der Waals surface area contributed by atoms with Crippen molar-refractivity contribution < 1.29 is 48.8 Å². The van der Waals surface area contributed by atoms with Gasteiger partial charge in [0.05, 0.1) is 19.3 Å². The molecule has 1 aliphatic carbocycles. The minimum absolute atomic E-state index is 0.0599. The summed E-state index contributed by atoms with van der Waals surface area (Å²) in [6.07, 6.45) is 7.16. The molecule has 2 aromatic rings. The summed E-state index contributed by atoms with van der Waals surface area (Å²) in [6, 6.07) is 12.4. The van der Waals surface area contributed by atoms with Crippen LogP contribution in [0.3, 0.4) is 0 Å². The molecule has 3 saturated heterocycles. The zero-order chi connectivity index (χ0) is 39.2. The van der Waals surface area contributed by atoms with E-state index < -0.39 is 71.6 Å². The first kappa shape index (κ1) is 40.8. The van der Waals surface area contributed by atoms with E-state index in [4.69, 9.17) is 19.0 Å². The van der Waals surface area contributed by atoms with Gasteiger partial charge in [-0.15, -0.1) is 0 Å². The van der Waals surface area contributed by atoms with Crippen LogP contribution in [0.15, 0.2) is 54.6 Å². The summed E-state index contributed by atoms with van der Waals surface area (Å²) >= 11 is 0. The highest BCUT2D eigenvalue weighted by Crippen LogP contribution is 2.58. The molecule has 2 amide bonds. The van der Waals surface area contributed by atoms with Gasteiger partial charge in [-0.2, -0.15) is 5.06 Å². The minimum Gasteiger partial charge on any atom is -0.508 e. The van der Waals surface area contributed by atoms with Crippen molar-refractivity contribution in [2.75, 3.05) is 13.2 Å². The summed E-state index contributed by atoms with van der Waals surface area (Å²) in [4.78, 5) is 48.9. The van der Waals surface area contributed by atoms with Crippen molar-refractivity contribution >= 4 is 23.9 Å². The monoisotopic (exact) mass is 763 g/mol. The lowest BCUT2D eigenvalue weighted by molar-refractivity contribution is -0.224. The second-order valence-corrected chi connectivity index (χ2v) is 15.4. The molecule has 55 heavy (non-hydrogen) atoms. The van der Waals surface area contributed by atoms with E-state index in [1.807, 2.05) is 48.6 Å². The van der Waals surface area contributed by atoms with Crippen LogP contribution in [-0.4, -0.2) is 99.7 Å². The third-order valence-corrected chi connectivity index (χ3v) is 11.4. The van der Waals surface area contributed by atoms with Gasteiger partial charge in [0.2, 0.25) is 11.8 Å². The molecule has 0 spiro atoms. The number of amides is 2. The number of rotatable bonds is 19. The lowest BCUT2D eigenvalue weighted by atomic mass is 9.62. The fraction of sp³-hybridized carbons (Fsp3) is 0.595. The number of nitrogens with zero attached hydrogens (tertiary/aromatic N) is 1. The van der Waals surface area contributed by atoms with E-state index in [9.17, 15) is 29.7 Å². The number of carbonyl (C=O) groups excluding carboxylic acids is 3. The molecule has 5 N–H and O–H groups in total. The number of phenolic OH excluding ortho intramolecular Hbond substituents is 1. The number of allylic oxidation sites excluding steroid dienone is 1. The number of esters is 1.